The van der Waals surface area contributed by atoms with Crippen molar-refractivity contribution in [1.82, 2.24) is 5.32 Å². The predicted octanol–water partition coefficient (Wildman–Crippen LogP) is 0.177. The van der Waals surface area contributed by atoms with E-state index in [-0.39, 0.29) is 5.25 Å². The van der Waals surface area contributed by atoms with E-state index in [2.05, 4.69) is 17.2 Å². The molecule has 0 aromatic heterocycles. The van der Waals surface area contributed by atoms with E-state index in [0.717, 1.165) is 12.8 Å². The molecular formula is C9H15NO2S. The summed E-state index contributed by atoms with van der Waals surface area (Å²) in [7, 11) is -2.78. The molecule has 3 nitrogen and oxygen atoms in total. The Morgan fingerprint density at radius 3 is 2.85 bits per heavy atom. The molecule has 13 heavy (non-hydrogen) atoms. The van der Waals surface area contributed by atoms with Gasteiger partial charge in [0, 0.05) is 6.54 Å². The van der Waals surface area contributed by atoms with Crippen LogP contribution in [0.5, 0.6) is 0 Å². The number of sulfone groups is 1. The van der Waals surface area contributed by atoms with Gasteiger partial charge in [0.15, 0.2) is 9.84 Å². The highest BCUT2D eigenvalue weighted by Gasteiger charge is 2.30. The molecule has 1 atom stereocenters. The lowest BCUT2D eigenvalue weighted by molar-refractivity contribution is 0.581. The molecule has 0 spiro atoms. The van der Waals surface area contributed by atoms with Gasteiger partial charge in [0.2, 0.25) is 0 Å². The molecule has 1 unspecified atom stereocenters. The van der Waals surface area contributed by atoms with E-state index in [4.69, 9.17) is 0 Å². The first-order chi connectivity index (χ1) is 6.17. The number of rotatable bonds is 3. The molecular weight excluding hydrogens is 186 g/mol. The molecule has 1 rings (SSSR count). The molecule has 1 fully saturated rings. The standard InChI is InChI=1S/C9H15NO2S/c1-2-3-6-10-8-9-5-4-7-13(9,11)12/h9-10H,4-8H2,1H3. The van der Waals surface area contributed by atoms with Gasteiger partial charge in [-0.15, -0.1) is 5.92 Å². The van der Waals surface area contributed by atoms with Crippen LogP contribution >= 0.6 is 0 Å². The fourth-order valence-electron chi connectivity index (χ4n) is 1.47. The summed E-state index contributed by atoms with van der Waals surface area (Å²) in [4.78, 5) is 0. The molecule has 0 saturated carbocycles. The molecule has 1 heterocycles. The van der Waals surface area contributed by atoms with Crippen LogP contribution in [-0.2, 0) is 9.84 Å². The summed E-state index contributed by atoms with van der Waals surface area (Å²) in [5.74, 6) is 5.96. The van der Waals surface area contributed by atoms with E-state index < -0.39 is 9.84 Å². The van der Waals surface area contributed by atoms with Crippen molar-refractivity contribution in [3.05, 3.63) is 0 Å². The minimum absolute atomic E-state index is 0.175. The van der Waals surface area contributed by atoms with E-state index in [1.54, 1.807) is 6.92 Å². The summed E-state index contributed by atoms with van der Waals surface area (Å²) < 4.78 is 22.7. The maximum atomic E-state index is 11.3. The van der Waals surface area contributed by atoms with Gasteiger partial charge in [0.25, 0.3) is 0 Å². The third-order valence-electron chi connectivity index (χ3n) is 2.22. The van der Waals surface area contributed by atoms with Crippen molar-refractivity contribution in [2.45, 2.75) is 25.0 Å². The maximum absolute atomic E-state index is 11.3. The highest BCUT2D eigenvalue weighted by Crippen LogP contribution is 2.18. The molecule has 4 heteroatoms. The zero-order valence-corrected chi connectivity index (χ0v) is 8.65. The van der Waals surface area contributed by atoms with Gasteiger partial charge in [0.1, 0.15) is 0 Å². The minimum Gasteiger partial charge on any atom is -0.305 e. The summed E-state index contributed by atoms with van der Waals surface area (Å²) >= 11 is 0. The van der Waals surface area contributed by atoms with Crippen LogP contribution in [0.1, 0.15) is 19.8 Å². The van der Waals surface area contributed by atoms with Gasteiger partial charge in [-0.05, 0) is 19.8 Å². The number of nitrogens with one attached hydrogen (secondary N) is 1. The van der Waals surface area contributed by atoms with Gasteiger partial charge in [0.05, 0.1) is 17.5 Å². The predicted molar refractivity (Wildman–Crippen MR) is 53.1 cm³/mol. The zero-order valence-electron chi connectivity index (χ0n) is 7.84. The van der Waals surface area contributed by atoms with E-state index in [9.17, 15) is 8.42 Å². The van der Waals surface area contributed by atoms with Crippen LogP contribution in [0.3, 0.4) is 0 Å². The fraction of sp³-hybridized carbons (Fsp3) is 0.778. The second-order valence-electron chi connectivity index (χ2n) is 3.19. The summed E-state index contributed by atoms with van der Waals surface area (Å²) in [6, 6.07) is 0. The summed E-state index contributed by atoms with van der Waals surface area (Å²) in [5, 5.41) is 2.86. The Labute approximate surface area is 79.8 Å². The lowest BCUT2D eigenvalue weighted by Crippen LogP contribution is -2.30. The first kappa shape index (κ1) is 10.6. The smallest absolute Gasteiger partial charge is 0.154 e. The Kier molecular flexibility index (Phi) is 3.76. The summed E-state index contributed by atoms with van der Waals surface area (Å²) in [6.45, 7) is 2.91. The molecule has 0 bridgehead atoms. The average Bonchev–Trinajstić information content (AvgIpc) is 2.40. The third kappa shape index (κ3) is 3.02. The Bertz CT molecular complexity index is 310. The van der Waals surface area contributed by atoms with Crippen LogP contribution in [0.15, 0.2) is 0 Å². The molecule has 74 valence electrons. The van der Waals surface area contributed by atoms with Gasteiger partial charge in [-0.3, -0.25) is 0 Å². The first-order valence-corrected chi connectivity index (χ1v) is 6.20. The summed E-state index contributed by atoms with van der Waals surface area (Å²) in [5.41, 5.74) is 0. The normalized spacial score (nSPS) is 25.2. The van der Waals surface area contributed by atoms with Crippen molar-refractivity contribution < 1.29 is 8.42 Å². The van der Waals surface area contributed by atoms with E-state index in [0.29, 0.717) is 18.8 Å². The lowest BCUT2D eigenvalue weighted by atomic mass is 10.2. The molecule has 0 amide bonds. The van der Waals surface area contributed by atoms with E-state index >= 15 is 0 Å². The monoisotopic (exact) mass is 201 g/mol. The van der Waals surface area contributed by atoms with Gasteiger partial charge in [-0.25, -0.2) is 8.42 Å². The topological polar surface area (TPSA) is 46.2 Å². The molecule has 0 aromatic carbocycles. The Morgan fingerprint density at radius 1 is 1.54 bits per heavy atom. The number of hydrogen-bond acceptors (Lipinski definition) is 3. The van der Waals surface area contributed by atoms with E-state index in [1.807, 2.05) is 0 Å². The molecule has 1 aliphatic heterocycles. The zero-order chi connectivity index (χ0) is 9.73. The van der Waals surface area contributed by atoms with E-state index in [1.165, 1.54) is 0 Å². The highest BCUT2D eigenvalue weighted by atomic mass is 32.2. The molecule has 0 radical (unpaired) electrons. The van der Waals surface area contributed by atoms with Crippen LogP contribution in [0.2, 0.25) is 0 Å². The molecule has 0 aromatic rings. The minimum atomic E-state index is -2.78. The Balaban J connectivity index is 2.32. The second-order valence-corrected chi connectivity index (χ2v) is 5.59. The van der Waals surface area contributed by atoms with Crippen molar-refractivity contribution in [3.8, 4) is 11.8 Å². The molecule has 1 saturated heterocycles. The van der Waals surface area contributed by atoms with Crippen LogP contribution in [0, 0.1) is 11.8 Å². The SMILES string of the molecule is CC#CCNCC1CCCS1(=O)=O. The maximum Gasteiger partial charge on any atom is 0.154 e. The first-order valence-electron chi connectivity index (χ1n) is 4.48. The van der Waals surface area contributed by atoms with Gasteiger partial charge < -0.3 is 5.32 Å². The highest BCUT2D eigenvalue weighted by molar-refractivity contribution is 7.92. The van der Waals surface area contributed by atoms with Gasteiger partial charge >= 0.3 is 0 Å². The quantitative estimate of drug-likeness (QED) is 0.523. The largest absolute Gasteiger partial charge is 0.305 e. The second kappa shape index (κ2) is 4.64. The summed E-state index contributed by atoms with van der Waals surface area (Å²) in [6.07, 6.45) is 1.61. The Hall–Kier alpha value is -0.530. The molecule has 1 aliphatic rings. The van der Waals surface area contributed by atoms with Crippen molar-refractivity contribution in [2.24, 2.45) is 0 Å². The fourth-order valence-corrected chi connectivity index (χ4v) is 3.27. The van der Waals surface area contributed by atoms with Gasteiger partial charge in [-0.1, -0.05) is 5.92 Å². The van der Waals surface area contributed by atoms with Crippen LogP contribution in [0.25, 0.3) is 0 Å². The van der Waals surface area contributed by atoms with Crippen molar-refractivity contribution in [1.29, 1.82) is 0 Å². The average molecular weight is 201 g/mol. The number of hydrogen-bond donors (Lipinski definition) is 1. The van der Waals surface area contributed by atoms with Crippen LogP contribution in [-0.4, -0.2) is 32.5 Å². The van der Waals surface area contributed by atoms with Crippen LogP contribution < -0.4 is 5.32 Å². The van der Waals surface area contributed by atoms with Crippen molar-refractivity contribution in [2.75, 3.05) is 18.8 Å². The van der Waals surface area contributed by atoms with Crippen molar-refractivity contribution >= 4 is 9.84 Å². The lowest BCUT2D eigenvalue weighted by Gasteiger charge is -2.08. The van der Waals surface area contributed by atoms with Crippen LogP contribution in [0.4, 0.5) is 0 Å². The van der Waals surface area contributed by atoms with Crippen molar-refractivity contribution in [3.63, 3.8) is 0 Å². The van der Waals surface area contributed by atoms with Gasteiger partial charge in [-0.2, -0.15) is 0 Å². The Morgan fingerprint density at radius 2 is 2.31 bits per heavy atom. The molecule has 0 aliphatic carbocycles. The molecule has 1 N–H and O–H groups in total. The third-order valence-corrected chi connectivity index (χ3v) is 4.50.